The first-order valence-corrected chi connectivity index (χ1v) is 11.8. The number of hydroxylamine groups is 2. The number of hydrogen-bond acceptors (Lipinski definition) is 11. The maximum Gasteiger partial charge on any atom is 0.326 e. The van der Waals surface area contributed by atoms with Crippen molar-refractivity contribution in [3.05, 3.63) is 23.8 Å². The van der Waals surface area contributed by atoms with Crippen LogP contribution in [0.15, 0.2) is 18.2 Å². The highest BCUT2D eigenvalue weighted by atomic mass is 16.6. The van der Waals surface area contributed by atoms with Gasteiger partial charge in [-0.25, -0.2) is 9.86 Å². The summed E-state index contributed by atoms with van der Waals surface area (Å²) in [5.41, 5.74) is -0.233. The molecule has 4 N–H and O–H groups in total. The van der Waals surface area contributed by atoms with Gasteiger partial charge in [-0.2, -0.15) is 0 Å². The van der Waals surface area contributed by atoms with E-state index in [0.717, 1.165) is 13.8 Å². The first kappa shape index (κ1) is 32.5. The van der Waals surface area contributed by atoms with Crippen LogP contribution >= 0.6 is 0 Å². The van der Waals surface area contributed by atoms with Gasteiger partial charge in [-0.1, -0.05) is 6.07 Å². The lowest BCUT2D eigenvalue weighted by molar-refractivity contribution is -0.166. The predicted molar refractivity (Wildman–Crippen MR) is 130 cm³/mol. The molecule has 0 fully saturated rings. The number of hydrogen-bond donors (Lipinski definition) is 4. The minimum absolute atomic E-state index is 0.0197. The zero-order chi connectivity index (χ0) is 29.5. The average molecular weight is 554 g/mol. The number of nitrogens with one attached hydrogen (secondary N) is 2. The quantitative estimate of drug-likeness (QED) is 0.0990. The van der Waals surface area contributed by atoms with E-state index in [-0.39, 0.29) is 49.5 Å². The summed E-state index contributed by atoms with van der Waals surface area (Å²) in [6, 6.07) is 2.36. The Hall–Kier alpha value is -4.53. The van der Waals surface area contributed by atoms with Gasteiger partial charge < -0.3 is 30.0 Å². The summed E-state index contributed by atoms with van der Waals surface area (Å²) in [6.07, 6.45) is -0.699. The molecule has 0 spiro atoms. The van der Waals surface area contributed by atoms with Crippen molar-refractivity contribution in [1.82, 2.24) is 15.7 Å². The highest BCUT2D eigenvalue weighted by Crippen LogP contribution is 2.31. The van der Waals surface area contributed by atoms with Crippen LogP contribution in [0.1, 0.15) is 56.8 Å². The molecule has 39 heavy (non-hydrogen) atoms. The fraction of sp³-hybridized carbons (Fsp3) is 0.458. The van der Waals surface area contributed by atoms with E-state index < -0.39 is 60.6 Å². The van der Waals surface area contributed by atoms with Crippen molar-refractivity contribution in [2.24, 2.45) is 0 Å². The molecule has 15 nitrogen and oxygen atoms in total. The molecule has 15 heteroatoms. The van der Waals surface area contributed by atoms with Crippen molar-refractivity contribution in [3.63, 3.8) is 0 Å². The molecule has 0 bridgehead atoms. The first-order valence-electron chi connectivity index (χ1n) is 11.8. The van der Waals surface area contributed by atoms with Crippen molar-refractivity contribution >= 4 is 41.6 Å². The van der Waals surface area contributed by atoms with Crippen molar-refractivity contribution < 1.29 is 58.1 Å². The standard InChI is InChI=1S/C24H31N3O12/c1-4-37-21(32)9-6-12-27(36)20(31)11-10-17(24(34)35)26-19(30)13-25-23(33)16-7-5-8-18(38-14(2)28)22(16)39-15(3)29/h5,7-8,17,36H,4,6,9-13H2,1-3H3,(H,25,33)(H,26,30)(H,34,35)/t17-/m0/s1. The lowest BCUT2D eigenvalue weighted by atomic mass is 10.1. The lowest BCUT2D eigenvalue weighted by Gasteiger charge is -2.18. The smallest absolute Gasteiger partial charge is 0.326 e. The topological polar surface area (TPSA) is 215 Å². The summed E-state index contributed by atoms with van der Waals surface area (Å²) in [5.74, 6) is -6.67. The molecule has 1 rings (SSSR count). The van der Waals surface area contributed by atoms with Crippen molar-refractivity contribution in [1.29, 1.82) is 0 Å². The molecule has 0 heterocycles. The Morgan fingerprint density at radius 2 is 1.67 bits per heavy atom. The Morgan fingerprint density at radius 1 is 1.00 bits per heavy atom. The van der Waals surface area contributed by atoms with Gasteiger partial charge in [0.05, 0.1) is 18.7 Å². The van der Waals surface area contributed by atoms with E-state index in [1.807, 2.05) is 0 Å². The Labute approximate surface area is 223 Å². The summed E-state index contributed by atoms with van der Waals surface area (Å²) in [4.78, 5) is 82.5. The van der Waals surface area contributed by atoms with Gasteiger partial charge in [-0.15, -0.1) is 0 Å². The van der Waals surface area contributed by atoms with Crippen LogP contribution in [0.3, 0.4) is 0 Å². The molecule has 1 aromatic rings. The van der Waals surface area contributed by atoms with Crippen molar-refractivity contribution in [3.8, 4) is 11.5 Å². The number of ether oxygens (including phenoxy) is 3. The summed E-state index contributed by atoms with van der Waals surface area (Å²) in [5, 5.41) is 23.9. The highest BCUT2D eigenvalue weighted by molar-refractivity contribution is 6.00. The van der Waals surface area contributed by atoms with E-state index in [1.165, 1.54) is 18.2 Å². The minimum Gasteiger partial charge on any atom is -0.480 e. The van der Waals surface area contributed by atoms with Gasteiger partial charge >= 0.3 is 23.9 Å². The maximum atomic E-state index is 12.6. The Morgan fingerprint density at radius 3 is 2.26 bits per heavy atom. The molecule has 3 amide bonds. The Bertz CT molecular complexity index is 1090. The number of carbonyl (C=O) groups excluding carboxylic acids is 6. The average Bonchev–Trinajstić information content (AvgIpc) is 2.85. The third-order valence-corrected chi connectivity index (χ3v) is 4.76. The third kappa shape index (κ3) is 12.0. The molecule has 0 aliphatic carbocycles. The van der Waals surface area contributed by atoms with Gasteiger partial charge in [0.2, 0.25) is 11.8 Å². The number of aliphatic carboxylic acids is 1. The predicted octanol–water partition coefficient (Wildman–Crippen LogP) is 0.178. The number of carboxylic acid groups (broad SMARTS) is 1. The zero-order valence-corrected chi connectivity index (χ0v) is 21.7. The number of benzene rings is 1. The second-order valence-electron chi connectivity index (χ2n) is 7.93. The van der Waals surface area contributed by atoms with E-state index >= 15 is 0 Å². The second-order valence-corrected chi connectivity index (χ2v) is 7.93. The fourth-order valence-corrected chi connectivity index (χ4v) is 3.07. The van der Waals surface area contributed by atoms with E-state index in [2.05, 4.69) is 10.6 Å². The molecule has 0 saturated heterocycles. The van der Waals surface area contributed by atoms with Crippen LogP contribution < -0.4 is 20.1 Å². The van der Waals surface area contributed by atoms with E-state index in [1.54, 1.807) is 6.92 Å². The molecule has 0 aliphatic rings. The van der Waals surface area contributed by atoms with Crippen LogP contribution in [0, 0.1) is 0 Å². The highest BCUT2D eigenvalue weighted by Gasteiger charge is 2.24. The second kappa shape index (κ2) is 16.3. The molecule has 0 radical (unpaired) electrons. The van der Waals surface area contributed by atoms with Gasteiger partial charge in [0, 0.05) is 33.2 Å². The number of para-hydroxylation sites is 1. The first-order chi connectivity index (χ1) is 18.3. The van der Waals surface area contributed by atoms with E-state index in [4.69, 9.17) is 14.2 Å². The number of amides is 3. The van der Waals surface area contributed by atoms with Crippen LogP contribution in [0.25, 0.3) is 0 Å². The van der Waals surface area contributed by atoms with E-state index in [9.17, 15) is 43.9 Å². The summed E-state index contributed by atoms with van der Waals surface area (Å²) in [6.45, 7) is 3.14. The lowest BCUT2D eigenvalue weighted by Crippen LogP contribution is -2.46. The van der Waals surface area contributed by atoms with Gasteiger partial charge in [-0.3, -0.25) is 34.0 Å². The Kier molecular flexibility index (Phi) is 13.6. The number of carboxylic acids is 1. The van der Waals surface area contributed by atoms with Gasteiger partial charge in [0.25, 0.3) is 5.91 Å². The molecular formula is C24H31N3O12. The number of nitrogens with zero attached hydrogens (tertiary/aromatic N) is 1. The third-order valence-electron chi connectivity index (χ3n) is 4.76. The largest absolute Gasteiger partial charge is 0.480 e. The van der Waals surface area contributed by atoms with Crippen LogP contribution in [-0.2, 0) is 33.5 Å². The van der Waals surface area contributed by atoms with Gasteiger partial charge in [0.15, 0.2) is 11.5 Å². The molecule has 1 atom stereocenters. The van der Waals surface area contributed by atoms with Crippen molar-refractivity contribution in [2.75, 3.05) is 19.7 Å². The zero-order valence-electron chi connectivity index (χ0n) is 21.7. The normalized spacial score (nSPS) is 11.0. The molecule has 0 unspecified atom stereocenters. The molecule has 0 aliphatic heterocycles. The Balaban J connectivity index is 2.69. The van der Waals surface area contributed by atoms with Crippen LogP contribution in [0.5, 0.6) is 11.5 Å². The molecule has 1 aromatic carbocycles. The van der Waals surface area contributed by atoms with Crippen LogP contribution in [-0.4, -0.2) is 82.7 Å². The summed E-state index contributed by atoms with van der Waals surface area (Å²) < 4.78 is 14.7. The molecule has 0 aromatic heterocycles. The number of esters is 3. The number of rotatable bonds is 15. The SMILES string of the molecule is CCOC(=O)CCCN(O)C(=O)CC[C@H](NC(=O)CNC(=O)c1cccc(OC(C)=O)c1OC(C)=O)C(=O)O. The monoisotopic (exact) mass is 553 g/mol. The fourth-order valence-electron chi connectivity index (χ4n) is 3.07. The molecular weight excluding hydrogens is 522 g/mol. The van der Waals surface area contributed by atoms with Crippen LogP contribution in [0.2, 0.25) is 0 Å². The van der Waals surface area contributed by atoms with E-state index in [0.29, 0.717) is 5.06 Å². The van der Waals surface area contributed by atoms with Gasteiger partial charge in [0.1, 0.15) is 6.04 Å². The maximum absolute atomic E-state index is 12.6. The minimum atomic E-state index is -1.52. The van der Waals surface area contributed by atoms with Crippen LogP contribution in [0.4, 0.5) is 0 Å². The summed E-state index contributed by atoms with van der Waals surface area (Å²) >= 11 is 0. The molecule has 0 saturated carbocycles. The number of carbonyl (C=O) groups is 7. The summed E-state index contributed by atoms with van der Waals surface area (Å²) in [7, 11) is 0. The van der Waals surface area contributed by atoms with Crippen molar-refractivity contribution in [2.45, 2.75) is 52.5 Å². The van der Waals surface area contributed by atoms with Gasteiger partial charge in [-0.05, 0) is 31.9 Å². The molecule has 214 valence electrons.